The van der Waals surface area contributed by atoms with Crippen molar-refractivity contribution < 1.29 is 38.1 Å². The van der Waals surface area contributed by atoms with Gasteiger partial charge in [-0.2, -0.15) is 0 Å². The Morgan fingerprint density at radius 3 is 2.43 bits per heavy atom. The van der Waals surface area contributed by atoms with Crippen molar-refractivity contribution in [3.05, 3.63) is 42.0 Å². The predicted octanol–water partition coefficient (Wildman–Crippen LogP) is 0.956. The number of para-hydroxylation sites is 1. The van der Waals surface area contributed by atoms with Gasteiger partial charge in [0.15, 0.2) is 5.60 Å². The molecule has 3 aliphatic rings. The van der Waals surface area contributed by atoms with Gasteiger partial charge in [-0.15, -0.1) is 0 Å². The maximum Gasteiger partial charge on any atom is 0.305 e. The molecule has 2 saturated heterocycles. The zero-order chi connectivity index (χ0) is 21.6. The summed E-state index contributed by atoms with van der Waals surface area (Å²) in [7, 11) is 1.51. The van der Waals surface area contributed by atoms with Crippen LogP contribution >= 0.6 is 0 Å². The minimum absolute atomic E-state index is 0.0310. The first-order chi connectivity index (χ1) is 14.3. The van der Waals surface area contributed by atoms with Crippen LogP contribution in [0.3, 0.4) is 0 Å². The number of hydrogen-bond donors (Lipinski definition) is 0. The lowest BCUT2D eigenvalue weighted by atomic mass is 9.76. The van der Waals surface area contributed by atoms with Gasteiger partial charge >= 0.3 is 11.9 Å². The van der Waals surface area contributed by atoms with Crippen molar-refractivity contribution in [3.63, 3.8) is 0 Å². The van der Waals surface area contributed by atoms with Gasteiger partial charge in [-0.05, 0) is 12.1 Å². The second-order valence-corrected chi connectivity index (χ2v) is 7.42. The number of fused-ring (bicyclic) bond motifs is 5. The van der Waals surface area contributed by atoms with E-state index in [1.807, 2.05) is 0 Å². The molecule has 0 spiro atoms. The summed E-state index contributed by atoms with van der Waals surface area (Å²) < 4.78 is 21.6. The van der Waals surface area contributed by atoms with E-state index in [2.05, 4.69) is 0 Å². The van der Waals surface area contributed by atoms with Crippen LogP contribution in [-0.4, -0.2) is 53.8 Å². The van der Waals surface area contributed by atoms with Gasteiger partial charge in [-0.1, -0.05) is 24.3 Å². The highest BCUT2D eigenvalue weighted by molar-refractivity contribution is 6.07. The molecule has 3 heterocycles. The first-order valence-corrected chi connectivity index (χ1v) is 9.47. The summed E-state index contributed by atoms with van der Waals surface area (Å²) in [4.78, 5) is 50.9. The molecule has 0 aromatic heterocycles. The molecule has 4 rings (SSSR count). The summed E-state index contributed by atoms with van der Waals surface area (Å²) in [5.41, 5.74) is -0.872. The van der Waals surface area contributed by atoms with E-state index >= 15 is 0 Å². The Kier molecular flexibility index (Phi) is 4.85. The third kappa shape index (κ3) is 2.97. The topological polar surface area (TPSA) is 108 Å². The van der Waals surface area contributed by atoms with Crippen LogP contribution < -0.4 is 4.74 Å². The number of rotatable bonds is 6. The third-order valence-electron chi connectivity index (χ3n) is 5.60. The maximum absolute atomic E-state index is 13.3. The van der Waals surface area contributed by atoms with Crippen LogP contribution in [0.2, 0.25) is 0 Å². The fraction of sp³-hybridized carbons (Fsp3) is 0.429. The van der Waals surface area contributed by atoms with Crippen LogP contribution in [0.25, 0.3) is 0 Å². The van der Waals surface area contributed by atoms with E-state index < -0.39 is 53.6 Å². The molecule has 1 aromatic carbocycles. The highest BCUT2D eigenvalue weighted by Gasteiger charge is 2.71. The Balaban J connectivity index is 1.67. The van der Waals surface area contributed by atoms with Gasteiger partial charge in [-0.3, -0.25) is 24.1 Å². The molecular formula is C21H21NO8. The van der Waals surface area contributed by atoms with Crippen molar-refractivity contribution in [3.8, 4) is 5.75 Å². The van der Waals surface area contributed by atoms with Crippen LogP contribution in [0, 0.1) is 11.8 Å². The highest BCUT2D eigenvalue weighted by Crippen LogP contribution is 2.54. The molecular weight excluding hydrogens is 394 g/mol. The van der Waals surface area contributed by atoms with Crippen LogP contribution in [-0.2, 0) is 39.9 Å². The van der Waals surface area contributed by atoms with Crippen LogP contribution in [0.5, 0.6) is 5.75 Å². The second-order valence-electron chi connectivity index (χ2n) is 7.42. The monoisotopic (exact) mass is 415 g/mol. The number of ether oxygens (including phenoxy) is 4. The zero-order valence-electron chi connectivity index (χ0n) is 16.7. The van der Waals surface area contributed by atoms with Gasteiger partial charge in [0.05, 0.1) is 31.6 Å². The summed E-state index contributed by atoms with van der Waals surface area (Å²) in [6.07, 6.45) is 1.03. The Bertz CT molecular complexity index is 940. The van der Waals surface area contributed by atoms with Gasteiger partial charge in [0.25, 0.3) is 6.29 Å². The van der Waals surface area contributed by atoms with Crippen molar-refractivity contribution >= 4 is 23.8 Å². The normalized spacial score (nSPS) is 28.8. The van der Waals surface area contributed by atoms with E-state index in [-0.39, 0.29) is 6.54 Å². The van der Waals surface area contributed by atoms with E-state index in [0.29, 0.717) is 11.3 Å². The molecule has 2 bridgehead atoms. The number of imide groups is 1. The lowest BCUT2D eigenvalue weighted by Crippen LogP contribution is -2.52. The molecule has 0 aliphatic carbocycles. The lowest BCUT2D eigenvalue weighted by molar-refractivity contribution is -0.227. The molecule has 158 valence electrons. The molecule has 9 nitrogen and oxygen atoms in total. The van der Waals surface area contributed by atoms with E-state index in [1.165, 1.54) is 7.11 Å². The molecule has 9 heteroatoms. The van der Waals surface area contributed by atoms with E-state index in [0.717, 1.165) is 18.7 Å². The Morgan fingerprint density at radius 2 is 1.80 bits per heavy atom. The maximum atomic E-state index is 13.3. The van der Waals surface area contributed by atoms with Crippen LogP contribution in [0.15, 0.2) is 36.4 Å². The Labute approximate surface area is 172 Å². The lowest BCUT2D eigenvalue weighted by Gasteiger charge is -2.34. The van der Waals surface area contributed by atoms with Gasteiger partial charge in [-0.25, -0.2) is 0 Å². The van der Waals surface area contributed by atoms with Gasteiger partial charge in [0, 0.05) is 19.4 Å². The second kappa shape index (κ2) is 7.24. The van der Waals surface area contributed by atoms with Gasteiger partial charge < -0.3 is 18.9 Å². The number of carbonyl (C=O) groups is 4. The highest BCUT2D eigenvalue weighted by atomic mass is 16.7. The molecule has 2 fully saturated rings. The molecule has 0 N–H and O–H groups in total. The smallest absolute Gasteiger partial charge is 0.305 e. The fourth-order valence-corrected chi connectivity index (χ4v) is 4.44. The molecule has 3 aliphatic heterocycles. The quantitative estimate of drug-likeness (QED) is 0.293. The Morgan fingerprint density at radius 1 is 1.13 bits per heavy atom. The number of nitrogens with zero attached hydrogens (tertiary/aromatic N) is 1. The molecule has 30 heavy (non-hydrogen) atoms. The van der Waals surface area contributed by atoms with Gasteiger partial charge in [0.1, 0.15) is 5.75 Å². The van der Waals surface area contributed by atoms with Crippen molar-refractivity contribution in [2.24, 2.45) is 11.8 Å². The molecule has 0 unspecified atom stereocenters. The minimum Gasteiger partial charge on any atom is -0.496 e. The fourth-order valence-electron chi connectivity index (χ4n) is 4.44. The van der Waals surface area contributed by atoms with E-state index in [9.17, 15) is 19.2 Å². The number of benzene rings is 1. The summed E-state index contributed by atoms with van der Waals surface area (Å²) >= 11 is 0. The summed E-state index contributed by atoms with van der Waals surface area (Å²) in [5.74, 6) is -3.49. The first-order valence-electron chi connectivity index (χ1n) is 9.47. The number of amides is 2. The van der Waals surface area contributed by atoms with E-state index in [4.69, 9.17) is 18.9 Å². The molecule has 2 amide bonds. The van der Waals surface area contributed by atoms with Crippen molar-refractivity contribution in [1.29, 1.82) is 0 Å². The summed E-state index contributed by atoms with van der Waals surface area (Å²) in [5, 5.41) is 0. The SMILES string of the molecule is COc1ccccc1CN1C(=O)[C@H]2[C@@H](C1=O)[C@@]1(C(OC(C)=O)OC(C)=O)C=C[C@H]2O1. The van der Waals surface area contributed by atoms with Crippen molar-refractivity contribution in [2.45, 2.75) is 38.4 Å². The molecule has 0 saturated carbocycles. The number of likely N-dealkylation sites (tertiary alicyclic amines) is 1. The predicted molar refractivity (Wildman–Crippen MR) is 99.6 cm³/mol. The van der Waals surface area contributed by atoms with Crippen molar-refractivity contribution in [2.75, 3.05) is 7.11 Å². The summed E-state index contributed by atoms with van der Waals surface area (Å²) in [6.45, 7) is 2.35. The van der Waals surface area contributed by atoms with Gasteiger partial charge in [0.2, 0.25) is 11.8 Å². The standard InChI is InChI=1S/C21H21NO8/c1-11(23)28-20(29-12(2)24)21-9-8-15(30-21)16-17(21)19(26)22(18(16)25)10-13-6-4-5-7-14(13)27-3/h4-9,15-17,20H,10H2,1-3H3/t15-,16-,17+,21-/m1/s1. The largest absolute Gasteiger partial charge is 0.496 e. The molecule has 0 radical (unpaired) electrons. The number of methoxy groups -OCH3 is 1. The molecule has 1 aromatic rings. The number of carbonyl (C=O) groups excluding carboxylic acids is 4. The van der Waals surface area contributed by atoms with Crippen LogP contribution in [0.4, 0.5) is 0 Å². The van der Waals surface area contributed by atoms with Crippen LogP contribution in [0.1, 0.15) is 19.4 Å². The average molecular weight is 415 g/mol. The van der Waals surface area contributed by atoms with E-state index in [1.54, 1.807) is 36.4 Å². The average Bonchev–Trinajstić information content (AvgIpc) is 3.34. The Hall–Kier alpha value is -3.20. The zero-order valence-corrected chi connectivity index (χ0v) is 16.7. The minimum atomic E-state index is -1.55. The molecule has 4 atom stereocenters. The first kappa shape index (κ1) is 20.1. The number of esters is 2. The summed E-state index contributed by atoms with van der Waals surface area (Å²) in [6, 6.07) is 7.10. The van der Waals surface area contributed by atoms with Crippen molar-refractivity contribution in [1.82, 2.24) is 4.90 Å². The number of hydrogen-bond acceptors (Lipinski definition) is 8. The third-order valence-corrected chi connectivity index (χ3v) is 5.60.